The number of alkyl halides is 3. The summed E-state index contributed by atoms with van der Waals surface area (Å²) in [5, 5.41) is 13.4. The first-order chi connectivity index (χ1) is 17.8. The molecule has 0 amide bonds. The zero-order valence-corrected chi connectivity index (χ0v) is 19.7. The van der Waals surface area contributed by atoms with Gasteiger partial charge in [-0.2, -0.15) is 27.1 Å². The van der Waals surface area contributed by atoms with Gasteiger partial charge in [0.15, 0.2) is 0 Å². The van der Waals surface area contributed by atoms with Crippen LogP contribution in [0.1, 0.15) is 4.88 Å². The molecule has 0 aliphatic heterocycles. The van der Waals surface area contributed by atoms with Crippen molar-refractivity contribution in [3.8, 4) is 11.1 Å². The van der Waals surface area contributed by atoms with Gasteiger partial charge in [0.2, 0.25) is 5.56 Å². The summed E-state index contributed by atoms with van der Waals surface area (Å²) < 4.78 is 74.0. The molecule has 9 nitrogen and oxygen atoms in total. The van der Waals surface area contributed by atoms with Crippen LogP contribution < -0.4 is 17.0 Å². The normalized spacial score (nSPS) is 11.2. The van der Waals surface area contributed by atoms with E-state index in [4.69, 9.17) is 15.6 Å². The predicted octanol–water partition coefficient (Wildman–Crippen LogP) is 3.54. The lowest BCUT2D eigenvalue weighted by Crippen LogP contribution is -2.27. The van der Waals surface area contributed by atoms with Crippen LogP contribution in [0.3, 0.4) is 0 Å². The van der Waals surface area contributed by atoms with E-state index in [1.165, 1.54) is 34.4 Å². The Morgan fingerprint density at radius 3 is 2.42 bits per heavy atom. The predicted molar refractivity (Wildman–Crippen MR) is 125 cm³/mol. The Hall–Kier alpha value is -4.18. The van der Waals surface area contributed by atoms with E-state index in [1.807, 2.05) is 11.4 Å². The van der Waals surface area contributed by atoms with Gasteiger partial charge in [-0.3, -0.25) is 9.36 Å². The highest BCUT2D eigenvalue weighted by molar-refractivity contribution is 7.10. The third-order valence-electron chi connectivity index (χ3n) is 4.99. The number of pyridine rings is 1. The van der Waals surface area contributed by atoms with Gasteiger partial charge in [0.25, 0.3) is 6.08 Å². The Kier molecular flexibility index (Phi) is 8.57. The number of aromatic nitrogens is 4. The summed E-state index contributed by atoms with van der Waals surface area (Å²) in [6, 6.07) is 7.78. The molecule has 4 N–H and O–H groups in total. The second kappa shape index (κ2) is 11.5. The first-order valence-corrected chi connectivity index (χ1v) is 11.2. The first-order valence-electron chi connectivity index (χ1n) is 10.4. The molecular formula is C22H17F6N5O4S. The Morgan fingerprint density at radius 1 is 1.13 bits per heavy atom. The maximum atomic E-state index is 14.4. The summed E-state index contributed by atoms with van der Waals surface area (Å²) in [6.45, 7) is -0.558. The molecule has 0 saturated heterocycles. The third kappa shape index (κ3) is 6.77. The van der Waals surface area contributed by atoms with E-state index in [0.717, 1.165) is 15.1 Å². The first kappa shape index (κ1) is 28.4. The molecule has 3 heterocycles. The number of hydrogen-bond donors (Lipinski definition) is 3. The lowest BCUT2D eigenvalue weighted by molar-refractivity contribution is -0.192. The number of halogens is 6. The number of nitrogens with two attached hydrogens (primary N) is 1. The molecule has 0 unspecified atom stereocenters. The SMILES string of the molecule is NCC(Cn1ncn(Cc2cc(-c3cc(F)c4[nH]c(=O)ccc4c3)cs2)c1=O)=C(F)F.O=C(O)C(F)(F)F. The highest BCUT2D eigenvalue weighted by Gasteiger charge is 2.38. The quantitative estimate of drug-likeness (QED) is 0.308. The Morgan fingerprint density at radius 2 is 1.82 bits per heavy atom. The number of hydrogen-bond acceptors (Lipinski definition) is 6. The fourth-order valence-corrected chi connectivity index (χ4v) is 4.03. The lowest BCUT2D eigenvalue weighted by atomic mass is 10.1. The molecule has 0 radical (unpaired) electrons. The molecule has 0 aliphatic carbocycles. The van der Waals surface area contributed by atoms with Crippen LogP contribution in [-0.4, -0.2) is 43.1 Å². The van der Waals surface area contributed by atoms with Crippen LogP contribution >= 0.6 is 11.3 Å². The number of H-pyrrole nitrogens is 1. The number of aromatic amines is 1. The fraction of sp³-hybridized carbons (Fsp3) is 0.182. The van der Waals surface area contributed by atoms with Crippen molar-refractivity contribution in [2.24, 2.45) is 5.73 Å². The number of benzene rings is 1. The van der Waals surface area contributed by atoms with E-state index in [2.05, 4.69) is 10.1 Å². The molecule has 0 aliphatic rings. The zero-order chi connectivity index (χ0) is 28.2. The second-order valence-corrected chi connectivity index (χ2v) is 8.61. The van der Waals surface area contributed by atoms with E-state index in [0.29, 0.717) is 10.9 Å². The molecule has 3 aromatic heterocycles. The van der Waals surface area contributed by atoms with Gasteiger partial charge in [-0.15, -0.1) is 11.3 Å². The van der Waals surface area contributed by atoms with E-state index in [-0.39, 0.29) is 36.3 Å². The summed E-state index contributed by atoms with van der Waals surface area (Å²) in [5.74, 6) is -3.30. The van der Waals surface area contributed by atoms with Crippen LogP contribution in [0, 0.1) is 5.82 Å². The summed E-state index contributed by atoms with van der Waals surface area (Å²) in [7, 11) is 0. The second-order valence-electron chi connectivity index (χ2n) is 7.62. The summed E-state index contributed by atoms with van der Waals surface area (Å²) in [5.41, 5.74) is 5.52. The van der Waals surface area contributed by atoms with Gasteiger partial charge < -0.3 is 15.8 Å². The molecule has 4 rings (SSSR count). The number of fused-ring (bicyclic) bond motifs is 1. The molecule has 202 valence electrons. The maximum Gasteiger partial charge on any atom is 0.490 e. The van der Waals surface area contributed by atoms with Gasteiger partial charge in [-0.05, 0) is 40.8 Å². The van der Waals surface area contributed by atoms with Gasteiger partial charge in [0, 0.05) is 28.4 Å². The van der Waals surface area contributed by atoms with Crippen molar-refractivity contribution in [1.29, 1.82) is 0 Å². The van der Waals surface area contributed by atoms with Gasteiger partial charge in [0.05, 0.1) is 18.6 Å². The van der Waals surface area contributed by atoms with E-state index in [1.54, 1.807) is 12.1 Å². The highest BCUT2D eigenvalue weighted by Crippen LogP contribution is 2.29. The number of rotatable bonds is 6. The van der Waals surface area contributed by atoms with Crippen LogP contribution in [0.5, 0.6) is 0 Å². The van der Waals surface area contributed by atoms with Crippen molar-refractivity contribution in [3.63, 3.8) is 0 Å². The minimum Gasteiger partial charge on any atom is -0.475 e. The van der Waals surface area contributed by atoms with Crippen molar-refractivity contribution < 1.29 is 36.2 Å². The standard InChI is InChI=1S/C20H16F3N5O2S.C2HF3O2/c21-16-5-12(3-11-1-2-17(29)26-18(11)16)13-4-15(31-9-13)8-27-10-25-28(20(27)30)7-14(6-24)19(22)23;3-2(4,5)1(6)7/h1-5,9-10H,6-8,24H2,(H,26,29);(H,6,7). The van der Waals surface area contributed by atoms with Gasteiger partial charge in [0.1, 0.15) is 12.1 Å². The smallest absolute Gasteiger partial charge is 0.475 e. The number of carboxylic acid groups (broad SMARTS) is 1. The number of nitrogens with one attached hydrogen (secondary N) is 1. The number of nitrogens with zero attached hydrogens (tertiary/aromatic N) is 3. The van der Waals surface area contributed by atoms with Gasteiger partial charge in [-0.1, -0.05) is 0 Å². The number of aliphatic carboxylic acids is 1. The van der Waals surface area contributed by atoms with E-state index >= 15 is 0 Å². The van der Waals surface area contributed by atoms with E-state index < -0.39 is 29.7 Å². The highest BCUT2D eigenvalue weighted by atomic mass is 32.1. The molecule has 1 aromatic carbocycles. The minimum absolute atomic E-state index is 0.140. The lowest BCUT2D eigenvalue weighted by Gasteiger charge is -2.03. The topological polar surface area (TPSA) is 136 Å². The number of carboxylic acids is 1. The Balaban J connectivity index is 0.000000505. The minimum atomic E-state index is -5.08. The third-order valence-corrected chi connectivity index (χ3v) is 5.91. The number of carbonyl (C=O) groups is 1. The van der Waals surface area contributed by atoms with Crippen molar-refractivity contribution in [2.75, 3.05) is 6.54 Å². The molecule has 0 bridgehead atoms. The maximum absolute atomic E-state index is 14.4. The Labute approximate surface area is 212 Å². The van der Waals surface area contributed by atoms with Gasteiger partial charge >= 0.3 is 17.8 Å². The molecule has 16 heteroatoms. The fourth-order valence-electron chi connectivity index (χ4n) is 3.14. The Bertz CT molecular complexity index is 1610. The van der Waals surface area contributed by atoms with Crippen molar-refractivity contribution in [1.82, 2.24) is 19.3 Å². The van der Waals surface area contributed by atoms with Crippen LogP contribution in [0.4, 0.5) is 26.3 Å². The average molecular weight is 561 g/mol. The van der Waals surface area contributed by atoms with Crippen LogP contribution in [-0.2, 0) is 17.9 Å². The number of thiophene rings is 1. The largest absolute Gasteiger partial charge is 0.490 e. The zero-order valence-electron chi connectivity index (χ0n) is 18.9. The summed E-state index contributed by atoms with van der Waals surface area (Å²) in [4.78, 5) is 36.0. The van der Waals surface area contributed by atoms with Crippen LogP contribution in [0.2, 0.25) is 0 Å². The van der Waals surface area contributed by atoms with Crippen molar-refractivity contribution in [3.05, 3.63) is 85.2 Å². The summed E-state index contributed by atoms with van der Waals surface area (Å²) in [6.07, 6.45) is -5.73. The molecule has 0 atom stereocenters. The monoisotopic (exact) mass is 561 g/mol. The van der Waals surface area contributed by atoms with Crippen molar-refractivity contribution in [2.45, 2.75) is 19.3 Å². The van der Waals surface area contributed by atoms with E-state index in [9.17, 15) is 35.9 Å². The molecule has 0 saturated carbocycles. The van der Waals surface area contributed by atoms with Crippen LogP contribution in [0.15, 0.2) is 63.3 Å². The average Bonchev–Trinajstić information content (AvgIpc) is 3.44. The molecule has 0 spiro atoms. The van der Waals surface area contributed by atoms with Gasteiger partial charge in [-0.25, -0.2) is 18.7 Å². The van der Waals surface area contributed by atoms with Crippen molar-refractivity contribution >= 4 is 28.2 Å². The summed E-state index contributed by atoms with van der Waals surface area (Å²) >= 11 is 1.37. The molecular weight excluding hydrogens is 544 g/mol. The van der Waals surface area contributed by atoms with Crippen LogP contribution in [0.25, 0.3) is 22.0 Å². The molecule has 0 fully saturated rings. The molecule has 38 heavy (non-hydrogen) atoms. The molecule has 4 aromatic rings.